The lowest BCUT2D eigenvalue weighted by Gasteiger charge is -2.47. The molecule has 0 aliphatic carbocycles. The fourth-order valence-corrected chi connectivity index (χ4v) is 2.09. The van der Waals surface area contributed by atoms with Crippen molar-refractivity contribution in [3.8, 4) is 5.75 Å². The van der Waals surface area contributed by atoms with E-state index in [4.69, 9.17) is 9.84 Å². The summed E-state index contributed by atoms with van der Waals surface area (Å²) in [7, 11) is 0. The molecule has 0 spiro atoms. The number of carbonyl (C=O) groups is 2. The average molecular weight is 283 g/mol. The van der Waals surface area contributed by atoms with Crippen molar-refractivity contribution in [3.63, 3.8) is 0 Å². The molecule has 1 aliphatic heterocycles. The van der Waals surface area contributed by atoms with Gasteiger partial charge >= 0.3 is 5.97 Å². The first kappa shape index (κ1) is 14.3. The van der Waals surface area contributed by atoms with Crippen LogP contribution in [0.1, 0.15) is 17.3 Å². The van der Waals surface area contributed by atoms with Crippen LogP contribution in [0.3, 0.4) is 0 Å². The van der Waals surface area contributed by atoms with Gasteiger partial charge in [0.05, 0.1) is 18.7 Å². The van der Waals surface area contributed by atoms with Crippen LogP contribution in [0.15, 0.2) is 18.2 Å². The second-order valence-corrected chi connectivity index (χ2v) is 4.96. The number of aromatic hydroxyl groups is 1. The number of ether oxygens (including phenoxy) is 1. The van der Waals surface area contributed by atoms with Crippen molar-refractivity contribution in [2.45, 2.75) is 12.5 Å². The van der Waals surface area contributed by atoms with E-state index in [9.17, 15) is 19.1 Å². The monoisotopic (exact) mass is 283 g/mol. The van der Waals surface area contributed by atoms with E-state index in [1.54, 1.807) is 6.92 Å². The number of rotatable bonds is 4. The molecule has 1 amide bonds. The highest BCUT2D eigenvalue weighted by atomic mass is 19.1. The van der Waals surface area contributed by atoms with Crippen molar-refractivity contribution in [2.24, 2.45) is 0 Å². The van der Waals surface area contributed by atoms with Gasteiger partial charge in [0, 0.05) is 6.07 Å². The summed E-state index contributed by atoms with van der Waals surface area (Å²) in [4.78, 5) is 23.9. The van der Waals surface area contributed by atoms with E-state index in [0.717, 1.165) is 12.1 Å². The van der Waals surface area contributed by atoms with Crippen molar-refractivity contribution in [1.29, 1.82) is 0 Å². The van der Waals surface area contributed by atoms with Gasteiger partial charge in [-0.15, -0.1) is 0 Å². The van der Waals surface area contributed by atoms with Crippen LogP contribution in [0.25, 0.3) is 0 Å². The lowest BCUT2D eigenvalue weighted by Crippen LogP contribution is -2.63. The molecule has 0 bridgehead atoms. The number of phenolic OH excluding ortho intramolecular Hbond substituents is 1. The predicted molar refractivity (Wildman–Crippen MR) is 66.0 cm³/mol. The van der Waals surface area contributed by atoms with Gasteiger partial charge in [-0.2, -0.15) is 0 Å². The van der Waals surface area contributed by atoms with Gasteiger partial charge in [-0.3, -0.25) is 4.79 Å². The van der Waals surface area contributed by atoms with Gasteiger partial charge in [0.25, 0.3) is 5.91 Å². The van der Waals surface area contributed by atoms with Crippen LogP contribution in [-0.4, -0.2) is 52.3 Å². The summed E-state index contributed by atoms with van der Waals surface area (Å²) in [6, 6.07) is 3.17. The summed E-state index contributed by atoms with van der Waals surface area (Å²) >= 11 is 0. The number of hydrogen-bond donors (Lipinski definition) is 2. The molecule has 2 rings (SSSR count). The van der Waals surface area contributed by atoms with Crippen LogP contribution >= 0.6 is 0 Å². The first-order valence-corrected chi connectivity index (χ1v) is 5.94. The number of phenols is 1. The number of hydrogen-bond acceptors (Lipinski definition) is 4. The Balaban J connectivity index is 1.98. The lowest BCUT2D eigenvalue weighted by atomic mass is 9.95. The fourth-order valence-electron chi connectivity index (χ4n) is 2.09. The van der Waals surface area contributed by atoms with Crippen molar-refractivity contribution < 1.29 is 28.9 Å². The summed E-state index contributed by atoms with van der Waals surface area (Å²) < 4.78 is 18.0. The Kier molecular flexibility index (Phi) is 3.63. The number of carbonyl (C=O) groups excluding carboxylic acids is 1. The minimum absolute atomic E-state index is 0.00619. The zero-order valence-corrected chi connectivity index (χ0v) is 10.8. The minimum Gasteiger partial charge on any atom is -0.507 e. The molecule has 2 N–H and O–H groups in total. The third-order valence-corrected chi connectivity index (χ3v) is 3.07. The smallest absolute Gasteiger partial charge is 0.329 e. The molecule has 1 aromatic carbocycles. The number of carboxylic acids is 1. The lowest BCUT2D eigenvalue weighted by molar-refractivity contribution is -0.159. The number of likely N-dealkylation sites (tertiary alicyclic amines) is 1. The number of halogens is 1. The molecular weight excluding hydrogens is 269 g/mol. The molecule has 1 saturated heterocycles. The van der Waals surface area contributed by atoms with Gasteiger partial charge in [-0.1, -0.05) is 0 Å². The maximum absolute atomic E-state index is 12.8. The van der Waals surface area contributed by atoms with E-state index in [0.29, 0.717) is 0 Å². The van der Waals surface area contributed by atoms with Gasteiger partial charge in [-0.05, 0) is 19.1 Å². The summed E-state index contributed by atoms with van der Waals surface area (Å²) in [6.07, 6.45) is 0. The van der Waals surface area contributed by atoms with Crippen LogP contribution in [0.5, 0.6) is 5.75 Å². The number of aliphatic carboxylic acids is 1. The van der Waals surface area contributed by atoms with E-state index in [-0.39, 0.29) is 18.7 Å². The van der Waals surface area contributed by atoms with Gasteiger partial charge in [0.15, 0.2) is 0 Å². The van der Waals surface area contributed by atoms with Gasteiger partial charge in [0.2, 0.25) is 0 Å². The largest absolute Gasteiger partial charge is 0.507 e. The molecule has 1 aliphatic rings. The maximum atomic E-state index is 12.8. The predicted octanol–water partition coefficient (Wildman–Crippen LogP) is 0.847. The standard InChI is InChI=1S/C13H14FNO5/c1-13(20-5-11(17)18)6-15(7-13)12(19)9-3-2-8(14)4-10(9)16/h2-4,16H,5-7H2,1H3,(H,17,18). The minimum atomic E-state index is -1.08. The molecular formula is C13H14FNO5. The second kappa shape index (κ2) is 5.09. The summed E-state index contributed by atoms with van der Waals surface area (Å²) in [5.41, 5.74) is -0.698. The van der Waals surface area contributed by atoms with E-state index >= 15 is 0 Å². The van der Waals surface area contributed by atoms with Crippen molar-refractivity contribution >= 4 is 11.9 Å². The molecule has 0 saturated carbocycles. The third kappa shape index (κ3) is 2.88. The number of benzene rings is 1. The first-order valence-electron chi connectivity index (χ1n) is 5.94. The summed E-state index contributed by atoms with van der Waals surface area (Å²) in [5, 5.41) is 18.1. The fraction of sp³-hybridized carbons (Fsp3) is 0.385. The molecule has 0 radical (unpaired) electrons. The van der Waals surface area contributed by atoms with E-state index in [2.05, 4.69) is 0 Å². The molecule has 1 fully saturated rings. The first-order chi connectivity index (χ1) is 9.31. The zero-order chi connectivity index (χ0) is 14.9. The second-order valence-electron chi connectivity index (χ2n) is 4.96. The molecule has 6 nitrogen and oxygen atoms in total. The van der Waals surface area contributed by atoms with Crippen LogP contribution in [0, 0.1) is 5.82 Å². The van der Waals surface area contributed by atoms with E-state index in [1.807, 2.05) is 0 Å². The van der Waals surface area contributed by atoms with Gasteiger partial charge in [-0.25, -0.2) is 9.18 Å². The summed E-state index contributed by atoms with van der Waals surface area (Å²) in [6.45, 7) is 1.70. The normalized spacial score (nSPS) is 16.6. The van der Waals surface area contributed by atoms with Crippen LogP contribution in [0.2, 0.25) is 0 Å². The molecule has 0 atom stereocenters. The molecule has 7 heteroatoms. The highest BCUT2D eigenvalue weighted by molar-refractivity contribution is 5.97. The number of nitrogens with zero attached hydrogens (tertiary/aromatic N) is 1. The Labute approximate surface area is 114 Å². The van der Waals surface area contributed by atoms with Crippen molar-refractivity contribution in [3.05, 3.63) is 29.6 Å². The van der Waals surface area contributed by atoms with Crippen LogP contribution in [-0.2, 0) is 9.53 Å². The van der Waals surface area contributed by atoms with Gasteiger partial charge < -0.3 is 19.8 Å². The molecule has 0 aromatic heterocycles. The average Bonchev–Trinajstić information content (AvgIpc) is 2.32. The van der Waals surface area contributed by atoms with E-state index < -0.39 is 35.7 Å². The Morgan fingerprint density at radius 3 is 2.65 bits per heavy atom. The van der Waals surface area contributed by atoms with Crippen LogP contribution in [0.4, 0.5) is 4.39 Å². The third-order valence-electron chi connectivity index (χ3n) is 3.07. The molecule has 108 valence electrons. The Morgan fingerprint density at radius 1 is 1.45 bits per heavy atom. The quantitative estimate of drug-likeness (QED) is 0.855. The highest BCUT2D eigenvalue weighted by Crippen LogP contribution is 2.28. The molecule has 0 unspecified atom stereocenters. The molecule has 20 heavy (non-hydrogen) atoms. The SMILES string of the molecule is CC1(OCC(=O)O)CN(C(=O)c2ccc(F)cc2O)C1. The Bertz CT molecular complexity index is 554. The Morgan fingerprint density at radius 2 is 2.10 bits per heavy atom. The Hall–Kier alpha value is -2.15. The number of amides is 1. The number of carboxylic acid groups (broad SMARTS) is 1. The zero-order valence-electron chi connectivity index (χ0n) is 10.8. The van der Waals surface area contributed by atoms with Crippen molar-refractivity contribution in [2.75, 3.05) is 19.7 Å². The maximum Gasteiger partial charge on any atom is 0.329 e. The molecule has 1 heterocycles. The van der Waals surface area contributed by atoms with Gasteiger partial charge in [0.1, 0.15) is 23.8 Å². The highest BCUT2D eigenvalue weighted by Gasteiger charge is 2.43. The molecule has 1 aromatic rings. The summed E-state index contributed by atoms with van der Waals surface area (Å²) in [5.74, 6) is -2.57. The van der Waals surface area contributed by atoms with Crippen LogP contribution < -0.4 is 0 Å². The topological polar surface area (TPSA) is 87.1 Å². The van der Waals surface area contributed by atoms with E-state index in [1.165, 1.54) is 11.0 Å². The van der Waals surface area contributed by atoms with Crippen molar-refractivity contribution in [1.82, 2.24) is 4.90 Å².